The largest absolute Gasteiger partial charge is 0.492 e. The van der Waals surface area contributed by atoms with E-state index in [1.54, 1.807) is 25.3 Å². The van der Waals surface area contributed by atoms with Crippen molar-refractivity contribution >= 4 is 23.2 Å². The Bertz CT molecular complexity index is 507. The average Bonchev–Trinajstić information content (AvgIpc) is 2.54. The monoisotopic (exact) mass is 341 g/mol. The van der Waals surface area contributed by atoms with Crippen molar-refractivity contribution in [2.24, 2.45) is 0 Å². The molecule has 0 bridgehead atoms. The van der Waals surface area contributed by atoms with Gasteiger partial charge in [0.25, 0.3) is 5.91 Å². The number of halogens is 1. The highest BCUT2D eigenvalue weighted by Crippen LogP contribution is 2.29. The molecule has 1 amide bonds. The summed E-state index contributed by atoms with van der Waals surface area (Å²) in [5, 5.41) is 3.37. The van der Waals surface area contributed by atoms with Gasteiger partial charge in [-0.1, -0.05) is 44.7 Å². The Balaban J connectivity index is 2.73. The highest BCUT2D eigenvalue weighted by Gasteiger charge is 2.32. The van der Waals surface area contributed by atoms with Crippen LogP contribution >= 0.6 is 11.6 Å². The molecule has 1 aromatic rings. The molecule has 0 heterocycles. The quantitative estimate of drug-likeness (QED) is 0.605. The Kier molecular flexibility index (Phi) is 8.42. The van der Waals surface area contributed by atoms with E-state index in [0.29, 0.717) is 29.5 Å². The zero-order valence-corrected chi connectivity index (χ0v) is 15.3. The fourth-order valence-electron chi connectivity index (χ4n) is 2.19. The van der Waals surface area contributed by atoms with Crippen LogP contribution in [0.4, 0.5) is 5.69 Å². The van der Waals surface area contributed by atoms with Gasteiger partial charge in [-0.2, -0.15) is 0 Å². The fourth-order valence-corrected chi connectivity index (χ4v) is 2.43. The third-order valence-electron chi connectivity index (χ3n) is 3.84. The number of methoxy groups -OCH3 is 1. The van der Waals surface area contributed by atoms with E-state index >= 15 is 0 Å². The number of hydrogen-bond donors (Lipinski definition) is 1. The van der Waals surface area contributed by atoms with Crippen LogP contribution in [0.5, 0.6) is 5.75 Å². The zero-order chi connectivity index (χ0) is 17.3. The highest BCUT2D eigenvalue weighted by molar-refractivity contribution is 6.32. The van der Waals surface area contributed by atoms with Crippen LogP contribution in [0.1, 0.15) is 52.9 Å². The average molecular weight is 342 g/mol. The minimum Gasteiger partial charge on any atom is -0.492 e. The number of carbonyl (C=O) groups is 1. The minimum atomic E-state index is -0.834. The second-order valence-corrected chi connectivity index (χ2v) is 6.25. The van der Waals surface area contributed by atoms with E-state index in [1.165, 1.54) is 0 Å². The molecule has 4 nitrogen and oxygen atoms in total. The van der Waals surface area contributed by atoms with Gasteiger partial charge in [0.05, 0.1) is 11.6 Å². The van der Waals surface area contributed by atoms with E-state index in [2.05, 4.69) is 12.2 Å². The van der Waals surface area contributed by atoms with Crippen LogP contribution in [0.25, 0.3) is 0 Å². The van der Waals surface area contributed by atoms with E-state index in [0.717, 1.165) is 25.7 Å². The van der Waals surface area contributed by atoms with Crippen molar-refractivity contribution < 1.29 is 14.3 Å². The van der Waals surface area contributed by atoms with E-state index < -0.39 is 5.60 Å². The van der Waals surface area contributed by atoms with E-state index in [1.807, 2.05) is 13.8 Å². The van der Waals surface area contributed by atoms with Gasteiger partial charge >= 0.3 is 0 Å². The van der Waals surface area contributed by atoms with Gasteiger partial charge in [0, 0.05) is 12.8 Å². The maximum Gasteiger partial charge on any atom is 0.256 e. The standard InChI is InChI=1S/C18H28ClNO3/c1-5-7-8-11-18(3,22-4)17(21)20-14-9-10-16(15(19)13-14)23-12-6-2/h9-10,13H,5-8,11-12H2,1-4H3,(H,20,21)/t18-/m1/s1. The van der Waals surface area contributed by atoms with Crippen LogP contribution < -0.4 is 10.1 Å². The maximum absolute atomic E-state index is 12.5. The summed E-state index contributed by atoms with van der Waals surface area (Å²) in [6.45, 7) is 6.60. The molecule has 1 aromatic carbocycles. The first-order valence-corrected chi connectivity index (χ1v) is 8.63. The summed E-state index contributed by atoms with van der Waals surface area (Å²) in [6, 6.07) is 5.26. The predicted octanol–water partition coefficient (Wildman–Crippen LogP) is 5.05. The van der Waals surface area contributed by atoms with Crippen molar-refractivity contribution in [3.8, 4) is 5.75 Å². The molecule has 0 unspecified atom stereocenters. The Morgan fingerprint density at radius 3 is 2.57 bits per heavy atom. The number of ether oxygens (including phenoxy) is 2. The molecular formula is C18H28ClNO3. The third-order valence-corrected chi connectivity index (χ3v) is 4.14. The summed E-state index contributed by atoms with van der Waals surface area (Å²) >= 11 is 6.19. The number of amides is 1. The van der Waals surface area contributed by atoms with Gasteiger partial charge in [-0.25, -0.2) is 0 Å². The molecule has 23 heavy (non-hydrogen) atoms. The van der Waals surface area contributed by atoms with Gasteiger partial charge in [-0.15, -0.1) is 0 Å². The van der Waals surface area contributed by atoms with Crippen LogP contribution in [0.3, 0.4) is 0 Å². The van der Waals surface area contributed by atoms with Crippen molar-refractivity contribution in [3.63, 3.8) is 0 Å². The van der Waals surface area contributed by atoms with E-state index in [-0.39, 0.29) is 5.91 Å². The lowest BCUT2D eigenvalue weighted by molar-refractivity contribution is -0.136. The molecule has 1 atom stereocenters. The number of carbonyl (C=O) groups excluding carboxylic acids is 1. The minimum absolute atomic E-state index is 0.158. The number of rotatable bonds is 10. The third kappa shape index (κ3) is 6.04. The van der Waals surface area contributed by atoms with Gasteiger partial charge in [-0.05, 0) is 38.0 Å². The molecule has 1 rings (SSSR count). The second-order valence-electron chi connectivity index (χ2n) is 5.84. The Labute approximate surface area is 144 Å². The molecule has 130 valence electrons. The topological polar surface area (TPSA) is 47.6 Å². The van der Waals surface area contributed by atoms with Gasteiger partial charge in [0.1, 0.15) is 11.4 Å². The first-order valence-electron chi connectivity index (χ1n) is 8.25. The smallest absolute Gasteiger partial charge is 0.256 e. The molecule has 5 heteroatoms. The summed E-state index contributed by atoms with van der Waals surface area (Å²) in [5.74, 6) is 0.471. The first kappa shape index (κ1) is 19.8. The Morgan fingerprint density at radius 1 is 1.26 bits per heavy atom. The summed E-state index contributed by atoms with van der Waals surface area (Å²) < 4.78 is 11.0. The Hall–Kier alpha value is -1.26. The lowest BCUT2D eigenvalue weighted by Gasteiger charge is -2.27. The van der Waals surface area contributed by atoms with Crippen LogP contribution in [0.15, 0.2) is 18.2 Å². The number of hydrogen-bond acceptors (Lipinski definition) is 3. The van der Waals surface area contributed by atoms with Crippen LogP contribution in [0.2, 0.25) is 5.02 Å². The van der Waals surface area contributed by atoms with Gasteiger partial charge in [-0.3, -0.25) is 4.79 Å². The summed E-state index contributed by atoms with van der Waals surface area (Å²) in [4.78, 5) is 12.5. The molecular weight excluding hydrogens is 314 g/mol. The molecule has 0 saturated heterocycles. The first-order chi connectivity index (χ1) is 11.0. The molecule has 0 saturated carbocycles. The Morgan fingerprint density at radius 2 is 2.00 bits per heavy atom. The lowest BCUT2D eigenvalue weighted by Crippen LogP contribution is -2.41. The molecule has 0 aliphatic heterocycles. The maximum atomic E-state index is 12.5. The highest BCUT2D eigenvalue weighted by atomic mass is 35.5. The SMILES string of the molecule is CCCCC[C@@](C)(OC)C(=O)Nc1ccc(OCCC)c(Cl)c1. The van der Waals surface area contributed by atoms with Crippen molar-refractivity contribution in [2.75, 3.05) is 19.0 Å². The van der Waals surface area contributed by atoms with Gasteiger partial charge in [0.15, 0.2) is 0 Å². The van der Waals surface area contributed by atoms with Gasteiger partial charge in [0.2, 0.25) is 0 Å². The van der Waals surface area contributed by atoms with E-state index in [9.17, 15) is 4.79 Å². The number of unbranched alkanes of at least 4 members (excludes halogenated alkanes) is 2. The van der Waals surface area contributed by atoms with Crippen molar-refractivity contribution in [1.82, 2.24) is 0 Å². The normalized spacial score (nSPS) is 13.4. The zero-order valence-electron chi connectivity index (χ0n) is 14.6. The van der Waals surface area contributed by atoms with Crippen LogP contribution in [-0.2, 0) is 9.53 Å². The lowest BCUT2D eigenvalue weighted by atomic mass is 9.97. The molecule has 0 fully saturated rings. The number of nitrogens with one attached hydrogen (secondary N) is 1. The fraction of sp³-hybridized carbons (Fsp3) is 0.611. The van der Waals surface area contributed by atoms with E-state index in [4.69, 9.17) is 21.1 Å². The second kappa shape index (κ2) is 9.78. The number of anilines is 1. The summed E-state index contributed by atoms with van der Waals surface area (Å²) in [6.07, 6.45) is 4.75. The number of benzene rings is 1. The summed E-state index contributed by atoms with van der Waals surface area (Å²) in [5.41, 5.74) is -0.193. The van der Waals surface area contributed by atoms with Crippen LogP contribution in [-0.4, -0.2) is 25.2 Å². The molecule has 0 aliphatic rings. The molecule has 0 aliphatic carbocycles. The molecule has 0 aromatic heterocycles. The van der Waals surface area contributed by atoms with Gasteiger partial charge < -0.3 is 14.8 Å². The van der Waals surface area contributed by atoms with Crippen molar-refractivity contribution in [3.05, 3.63) is 23.2 Å². The van der Waals surface area contributed by atoms with Crippen molar-refractivity contribution in [1.29, 1.82) is 0 Å². The summed E-state index contributed by atoms with van der Waals surface area (Å²) in [7, 11) is 1.57. The molecule has 0 radical (unpaired) electrons. The molecule has 0 spiro atoms. The van der Waals surface area contributed by atoms with Crippen molar-refractivity contribution in [2.45, 2.75) is 58.5 Å². The van der Waals surface area contributed by atoms with Crippen LogP contribution in [0, 0.1) is 0 Å². The molecule has 1 N–H and O–H groups in total. The predicted molar refractivity (Wildman–Crippen MR) is 95.4 cm³/mol.